The maximum absolute atomic E-state index is 12.8. The average Bonchev–Trinajstić information content (AvgIpc) is 3.34. The molecule has 0 spiro atoms. The van der Waals surface area contributed by atoms with Crippen LogP contribution < -0.4 is 0 Å². The van der Waals surface area contributed by atoms with E-state index >= 15 is 0 Å². The standard InChI is InChI=1S/C62H120O6/c1-4-7-10-13-16-19-22-24-25-26-27-28-29-30-31-32-33-34-35-36-38-40-43-46-49-52-55-61(64)67-58-59(57-66-60(63)54-51-48-45-42-39-21-18-15-12-9-6-3)68-62(65)56-53-50-47-44-41-37-23-20-17-14-11-8-5-2/h59H,4-58H2,1-3H3. The van der Waals surface area contributed by atoms with Crippen molar-refractivity contribution in [2.45, 2.75) is 367 Å². The molecule has 404 valence electrons. The molecule has 0 radical (unpaired) electrons. The fourth-order valence-electron chi connectivity index (χ4n) is 9.68. The summed E-state index contributed by atoms with van der Waals surface area (Å²) in [5, 5.41) is 0. The summed E-state index contributed by atoms with van der Waals surface area (Å²) in [4.78, 5) is 38.1. The Balaban J connectivity index is 4.10. The molecule has 0 saturated carbocycles. The van der Waals surface area contributed by atoms with Gasteiger partial charge in [-0.05, 0) is 19.3 Å². The Labute approximate surface area is 425 Å². The highest BCUT2D eigenvalue weighted by atomic mass is 16.6. The van der Waals surface area contributed by atoms with Crippen LogP contribution in [0.4, 0.5) is 0 Å². The number of hydrogen-bond acceptors (Lipinski definition) is 6. The molecule has 0 aromatic rings. The normalized spacial score (nSPS) is 11.9. The Morgan fingerprint density at radius 3 is 0.588 bits per heavy atom. The second-order valence-electron chi connectivity index (χ2n) is 21.3. The third-order valence-corrected chi connectivity index (χ3v) is 14.4. The van der Waals surface area contributed by atoms with Gasteiger partial charge in [-0.25, -0.2) is 0 Å². The van der Waals surface area contributed by atoms with Gasteiger partial charge in [0.25, 0.3) is 0 Å². The number of ether oxygens (including phenoxy) is 3. The summed E-state index contributed by atoms with van der Waals surface area (Å²) < 4.78 is 16.9. The second kappa shape index (κ2) is 58.0. The summed E-state index contributed by atoms with van der Waals surface area (Å²) in [6.45, 7) is 6.70. The highest BCUT2D eigenvalue weighted by Crippen LogP contribution is 2.18. The van der Waals surface area contributed by atoms with E-state index in [1.165, 1.54) is 263 Å². The first-order valence-corrected chi connectivity index (χ1v) is 31.0. The van der Waals surface area contributed by atoms with Gasteiger partial charge in [0.05, 0.1) is 0 Å². The molecule has 0 aromatic heterocycles. The van der Waals surface area contributed by atoms with E-state index < -0.39 is 6.10 Å². The second-order valence-corrected chi connectivity index (χ2v) is 21.3. The summed E-state index contributed by atoms with van der Waals surface area (Å²) in [7, 11) is 0. The van der Waals surface area contributed by atoms with Crippen molar-refractivity contribution in [3.05, 3.63) is 0 Å². The molecule has 0 amide bonds. The summed E-state index contributed by atoms with van der Waals surface area (Å²) in [6, 6.07) is 0. The molecule has 0 aliphatic rings. The van der Waals surface area contributed by atoms with Crippen molar-refractivity contribution >= 4 is 17.9 Å². The molecule has 0 saturated heterocycles. The molecule has 1 atom stereocenters. The van der Waals surface area contributed by atoms with E-state index in [2.05, 4.69) is 20.8 Å². The molecular formula is C62H120O6. The van der Waals surface area contributed by atoms with Gasteiger partial charge in [-0.3, -0.25) is 14.4 Å². The van der Waals surface area contributed by atoms with Crippen LogP contribution in [0.3, 0.4) is 0 Å². The lowest BCUT2D eigenvalue weighted by Gasteiger charge is -2.18. The predicted octanol–water partition coefficient (Wildman–Crippen LogP) is 20.7. The molecule has 0 rings (SSSR count). The smallest absolute Gasteiger partial charge is 0.306 e. The molecule has 6 heteroatoms. The molecular weight excluding hydrogens is 841 g/mol. The molecule has 0 N–H and O–H groups in total. The van der Waals surface area contributed by atoms with Crippen molar-refractivity contribution in [3.8, 4) is 0 Å². The first-order valence-electron chi connectivity index (χ1n) is 31.0. The van der Waals surface area contributed by atoms with Gasteiger partial charge in [0.15, 0.2) is 6.10 Å². The fourth-order valence-corrected chi connectivity index (χ4v) is 9.68. The van der Waals surface area contributed by atoms with Gasteiger partial charge in [0, 0.05) is 19.3 Å². The molecule has 6 nitrogen and oxygen atoms in total. The lowest BCUT2D eigenvalue weighted by Crippen LogP contribution is -2.30. The predicted molar refractivity (Wildman–Crippen MR) is 294 cm³/mol. The fraction of sp³-hybridized carbons (Fsp3) is 0.952. The molecule has 0 aliphatic heterocycles. The van der Waals surface area contributed by atoms with Crippen molar-refractivity contribution in [2.75, 3.05) is 13.2 Å². The van der Waals surface area contributed by atoms with E-state index in [4.69, 9.17) is 14.2 Å². The van der Waals surface area contributed by atoms with E-state index in [1.807, 2.05) is 0 Å². The van der Waals surface area contributed by atoms with Crippen molar-refractivity contribution in [1.82, 2.24) is 0 Å². The lowest BCUT2D eigenvalue weighted by molar-refractivity contribution is -0.167. The van der Waals surface area contributed by atoms with Crippen LogP contribution in [0.2, 0.25) is 0 Å². The third-order valence-electron chi connectivity index (χ3n) is 14.4. The Morgan fingerprint density at radius 1 is 0.235 bits per heavy atom. The maximum atomic E-state index is 12.8. The van der Waals surface area contributed by atoms with Crippen LogP contribution in [0.25, 0.3) is 0 Å². The first kappa shape index (κ1) is 66.4. The quantitative estimate of drug-likeness (QED) is 0.0343. The molecule has 68 heavy (non-hydrogen) atoms. The van der Waals surface area contributed by atoms with Crippen molar-refractivity contribution < 1.29 is 28.6 Å². The van der Waals surface area contributed by atoms with Crippen molar-refractivity contribution in [2.24, 2.45) is 0 Å². The van der Waals surface area contributed by atoms with Gasteiger partial charge in [0.2, 0.25) is 0 Å². The number of unbranched alkanes of at least 4 members (excludes halogenated alkanes) is 47. The molecule has 0 aromatic carbocycles. The maximum Gasteiger partial charge on any atom is 0.306 e. The SMILES string of the molecule is CCCCCCCCCCCCCCCCCCCCCCCCCCCCC(=O)OCC(COC(=O)CCCCCCCCCCCCC)OC(=O)CCCCCCCCCCCCCCC. The zero-order valence-electron chi connectivity index (χ0n) is 46.4. The van der Waals surface area contributed by atoms with Crippen LogP contribution in [0, 0.1) is 0 Å². The molecule has 0 aliphatic carbocycles. The van der Waals surface area contributed by atoms with Gasteiger partial charge in [-0.2, -0.15) is 0 Å². The Morgan fingerprint density at radius 2 is 0.397 bits per heavy atom. The van der Waals surface area contributed by atoms with Crippen LogP contribution >= 0.6 is 0 Å². The highest BCUT2D eigenvalue weighted by molar-refractivity contribution is 5.71. The van der Waals surface area contributed by atoms with E-state index in [9.17, 15) is 14.4 Å². The van der Waals surface area contributed by atoms with Gasteiger partial charge >= 0.3 is 17.9 Å². The summed E-state index contributed by atoms with van der Waals surface area (Å²) in [6.07, 6.45) is 65.5. The lowest BCUT2D eigenvalue weighted by atomic mass is 10.0. The summed E-state index contributed by atoms with van der Waals surface area (Å²) in [5.41, 5.74) is 0. The zero-order valence-corrected chi connectivity index (χ0v) is 46.4. The van der Waals surface area contributed by atoms with Crippen LogP contribution in [0.5, 0.6) is 0 Å². The minimum absolute atomic E-state index is 0.0611. The van der Waals surface area contributed by atoms with Crippen LogP contribution in [0.15, 0.2) is 0 Å². The minimum atomic E-state index is -0.761. The van der Waals surface area contributed by atoms with Crippen LogP contribution in [0.1, 0.15) is 361 Å². The van der Waals surface area contributed by atoms with Crippen LogP contribution in [-0.2, 0) is 28.6 Å². The number of hydrogen-bond donors (Lipinski definition) is 0. The van der Waals surface area contributed by atoms with E-state index in [0.29, 0.717) is 19.3 Å². The van der Waals surface area contributed by atoms with Gasteiger partial charge in [-0.15, -0.1) is 0 Å². The molecule has 0 bridgehead atoms. The van der Waals surface area contributed by atoms with Crippen molar-refractivity contribution in [3.63, 3.8) is 0 Å². The van der Waals surface area contributed by atoms with E-state index in [1.54, 1.807) is 0 Å². The number of rotatable bonds is 58. The monoisotopic (exact) mass is 961 g/mol. The Hall–Kier alpha value is -1.59. The highest BCUT2D eigenvalue weighted by Gasteiger charge is 2.19. The summed E-state index contributed by atoms with van der Waals surface area (Å²) in [5.74, 6) is -0.833. The zero-order chi connectivity index (χ0) is 49.3. The molecule has 0 fully saturated rings. The van der Waals surface area contributed by atoms with Gasteiger partial charge in [-0.1, -0.05) is 323 Å². The number of carbonyl (C=O) groups is 3. The third kappa shape index (κ3) is 55.3. The van der Waals surface area contributed by atoms with E-state index in [-0.39, 0.29) is 31.1 Å². The van der Waals surface area contributed by atoms with Crippen LogP contribution in [-0.4, -0.2) is 37.2 Å². The van der Waals surface area contributed by atoms with Gasteiger partial charge in [0.1, 0.15) is 13.2 Å². The Kier molecular flexibility index (Phi) is 56.6. The summed E-state index contributed by atoms with van der Waals surface area (Å²) >= 11 is 0. The number of esters is 3. The van der Waals surface area contributed by atoms with Gasteiger partial charge < -0.3 is 14.2 Å². The number of carbonyl (C=O) groups excluding carboxylic acids is 3. The Bertz CT molecular complexity index is 1010. The minimum Gasteiger partial charge on any atom is -0.462 e. The average molecular weight is 962 g/mol. The molecule has 0 heterocycles. The van der Waals surface area contributed by atoms with Crippen molar-refractivity contribution in [1.29, 1.82) is 0 Å². The largest absolute Gasteiger partial charge is 0.462 e. The first-order chi connectivity index (χ1) is 33.5. The van der Waals surface area contributed by atoms with E-state index in [0.717, 1.165) is 57.8 Å². The topological polar surface area (TPSA) is 78.9 Å². The molecule has 1 unspecified atom stereocenters.